The van der Waals surface area contributed by atoms with Gasteiger partial charge in [0.1, 0.15) is 5.92 Å². The van der Waals surface area contributed by atoms with Crippen molar-refractivity contribution in [3.63, 3.8) is 0 Å². The maximum absolute atomic E-state index is 12.5. The summed E-state index contributed by atoms with van der Waals surface area (Å²) in [6, 6.07) is 17.7. The fourth-order valence-corrected chi connectivity index (χ4v) is 2.20. The van der Waals surface area contributed by atoms with Crippen molar-refractivity contribution < 1.29 is 19.1 Å². The van der Waals surface area contributed by atoms with E-state index in [-0.39, 0.29) is 0 Å². The second kappa shape index (κ2) is 8.47. The molecule has 2 aromatic rings. The molecule has 0 aromatic heterocycles. The lowest BCUT2D eigenvalue weighted by Crippen LogP contribution is -2.40. The summed E-state index contributed by atoms with van der Waals surface area (Å²) in [7, 11) is 1.38. The molecule has 0 unspecified atom stereocenters. The summed E-state index contributed by atoms with van der Waals surface area (Å²) in [6.07, 6.45) is 0. The number of benzene rings is 2. The Balaban J connectivity index is 2.12. The van der Waals surface area contributed by atoms with Gasteiger partial charge in [-0.25, -0.2) is 4.79 Å². The first-order chi connectivity index (χ1) is 11.6. The van der Waals surface area contributed by atoms with Gasteiger partial charge in [0.15, 0.2) is 6.61 Å². The SMILES string of the molecule is CNC(=O)NC(=O)COC(=O)C(c1ccccc1)c1ccccc1. The molecule has 124 valence electrons. The van der Waals surface area contributed by atoms with Crippen LogP contribution in [-0.4, -0.2) is 31.6 Å². The molecule has 0 fully saturated rings. The van der Waals surface area contributed by atoms with Crippen LogP contribution < -0.4 is 10.6 Å². The van der Waals surface area contributed by atoms with Crippen LogP contribution in [-0.2, 0) is 14.3 Å². The largest absolute Gasteiger partial charge is 0.455 e. The highest BCUT2D eigenvalue weighted by molar-refractivity contribution is 5.95. The minimum atomic E-state index is -0.692. The molecule has 2 N–H and O–H groups in total. The number of nitrogens with one attached hydrogen (secondary N) is 2. The quantitative estimate of drug-likeness (QED) is 0.821. The number of hydrogen-bond acceptors (Lipinski definition) is 4. The molecule has 24 heavy (non-hydrogen) atoms. The summed E-state index contributed by atoms with van der Waals surface area (Å²) in [5.74, 6) is -1.89. The van der Waals surface area contributed by atoms with Gasteiger partial charge in [0.2, 0.25) is 0 Å². The van der Waals surface area contributed by atoms with Gasteiger partial charge in [0, 0.05) is 7.05 Å². The Kier molecular flexibility index (Phi) is 6.08. The van der Waals surface area contributed by atoms with Crippen LogP contribution in [0.3, 0.4) is 0 Å². The average molecular weight is 326 g/mol. The van der Waals surface area contributed by atoms with Crippen LogP contribution in [0.5, 0.6) is 0 Å². The first-order valence-corrected chi connectivity index (χ1v) is 7.40. The topological polar surface area (TPSA) is 84.5 Å². The van der Waals surface area contributed by atoms with E-state index in [1.165, 1.54) is 7.05 Å². The van der Waals surface area contributed by atoms with Gasteiger partial charge >= 0.3 is 12.0 Å². The Labute approximate surface area is 139 Å². The van der Waals surface area contributed by atoms with E-state index in [2.05, 4.69) is 5.32 Å². The predicted molar refractivity (Wildman–Crippen MR) is 88.3 cm³/mol. The van der Waals surface area contributed by atoms with Crippen LogP contribution >= 0.6 is 0 Å². The van der Waals surface area contributed by atoms with Crippen LogP contribution in [0.25, 0.3) is 0 Å². The van der Waals surface area contributed by atoms with Crippen molar-refractivity contribution in [1.82, 2.24) is 10.6 Å². The molecule has 0 aliphatic rings. The molecule has 0 heterocycles. The summed E-state index contributed by atoms with van der Waals surface area (Å²) in [4.78, 5) is 35.1. The number of amides is 3. The minimum Gasteiger partial charge on any atom is -0.455 e. The lowest BCUT2D eigenvalue weighted by molar-refractivity contribution is -0.148. The highest BCUT2D eigenvalue weighted by Gasteiger charge is 2.24. The molecule has 0 saturated carbocycles. The van der Waals surface area contributed by atoms with Crippen molar-refractivity contribution >= 4 is 17.9 Å². The Hall–Kier alpha value is -3.15. The van der Waals surface area contributed by atoms with Crippen LogP contribution in [0.15, 0.2) is 60.7 Å². The number of esters is 1. The average Bonchev–Trinajstić information content (AvgIpc) is 2.62. The van der Waals surface area contributed by atoms with E-state index < -0.39 is 30.4 Å². The number of ether oxygens (including phenoxy) is 1. The third-order valence-corrected chi connectivity index (χ3v) is 3.33. The minimum absolute atomic E-state index is 0.525. The van der Waals surface area contributed by atoms with Crippen molar-refractivity contribution in [3.8, 4) is 0 Å². The summed E-state index contributed by atoms with van der Waals surface area (Å²) >= 11 is 0. The second-order valence-electron chi connectivity index (χ2n) is 4.99. The van der Waals surface area contributed by atoms with Crippen molar-refractivity contribution in [1.29, 1.82) is 0 Å². The van der Waals surface area contributed by atoms with Crippen molar-refractivity contribution in [3.05, 3.63) is 71.8 Å². The normalized spacial score (nSPS) is 10.1. The van der Waals surface area contributed by atoms with Gasteiger partial charge in [-0.15, -0.1) is 0 Å². The summed E-state index contributed by atoms with van der Waals surface area (Å²) in [6.45, 7) is -0.525. The fraction of sp³-hybridized carbons (Fsp3) is 0.167. The third kappa shape index (κ3) is 4.67. The number of rotatable bonds is 5. The lowest BCUT2D eigenvalue weighted by Gasteiger charge is -2.16. The second-order valence-corrected chi connectivity index (χ2v) is 4.99. The number of carbonyl (C=O) groups excluding carboxylic acids is 3. The molecule has 3 amide bonds. The first-order valence-electron chi connectivity index (χ1n) is 7.40. The Bertz CT molecular complexity index is 662. The Morgan fingerprint density at radius 3 is 1.88 bits per heavy atom. The van der Waals surface area contributed by atoms with E-state index in [4.69, 9.17) is 4.74 Å². The van der Waals surface area contributed by atoms with E-state index in [1.807, 2.05) is 66.0 Å². The van der Waals surface area contributed by atoms with Crippen molar-refractivity contribution in [2.24, 2.45) is 0 Å². The van der Waals surface area contributed by atoms with E-state index >= 15 is 0 Å². The standard InChI is InChI=1S/C18H18N2O4/c1-19-18(23)20-15(21)12-24-17(22)16(13-8-4-2-5-9-13)14-10-6-3-7-11-14/h2-11,16H,12H2,1H3,(H2,19,20,21,23). The van der Waals surface area contributed by atoms with E-state index in [0.717, 1.165) is 11.1 Å². The van der Waals surface area contributed by atoms with Crippen molar-refractivity contribution in [2.45, 2.75) is 5.92 Å². The van der Waals surface area contributed by atoms with Gasteiger partial charge < -0.3 is 10.1 Å². The molecule has 0 radical (unpaired) electrons. The highest BCUT2D eigenvalue weighted by Crippen LogP contribution is 2.25. The van der Waals surface area contributed by atoms with Gasteiger partial charge in [0.25, 0.3) is 5.91 Å². The fourth-order valence-electron chi connectivity index (χ4n) is 2.20. The molecule has 6 nitrogen and oxygen atoms in total. The molecule has 0 atom stereocenters. The highest BCUT2D eigenvalue weighted by atomic mass is 16.5. The van der Waals surface area contributed by atoms with Crippen LogP contribution in [0.1, 0.15) is 17.0 Å². The number of carbonyl (C=O) groups is 3. The summed E-state index contributed by atoms with van der Waals surface area (Å²) in [5.41, 5.74) is 1.53. The summed E-state index contributed by atoms with van der Waals surface area (Å²) in [5, 5.41) is 4.28. The molecule has 0 saturated heterocycles. The smallest absolute Gasteiger partial charge is 0.321 e. The maximum Gasteiger partial charge on any atom is 0.321 e. The van der Waals surface area contributed by atoms with E-state index in [0.29, 0.717) is 0 Å². The molecule has 0 aliphatic heterocycles. The molecule has 0 bridgehead atoms. The zero-order valence-corrected chi connectivity index (χ0v) is 13.2. The first kappa shape index (κ1) is 17.2. The zero-order chi connectivity index (χ0) is 17.4. The number of urea groups is 1. The van der Waals surface area contributed by atoms with Crippen LogP contribution in [0.2, 0.25) is 0 Å². The maximum atomic E-state index is 12.5. The van der Waals surface area contributed by atoms with Gasteiger partial charge in [-0.2, -0.15) is 0 Å². The third-order valence-electron chi connectivity index (χ3n) is 3.33. The zero-order valence-electron chi connectivity index (χ0n) is 13.2. The predicted octanol–water partition coefficient (Wildman–Crippen LogP) is 1.82. The van der Waals surface area contributed by atoms with Gasteiger partial charge in [0.05, 0.1) is 0 Å². The van der Waals surface area contributed by atoms with Crippen LogP contribution in [0.4, 0.5) is 4.79 Å². The monoisotopic (exact) mass is 326 g/mol. The number of imide groups is 1. The van der Waals surface area contributed by atoms with Gasteiger partial charge in [-0.3, -0.25) is 14.9 Å². The number of hydrogen-bond donors (Lipinski definition) is 2. The molecule has 6 heteroatoms. The van der Waals surface area contributed by atoms with Gasteiger partial charge in [-0.1, -0.05) is 60.7 Å². The van der Waals surface area contributed by atoms with Crippen molar-refractivity contribution in [2.75, 3.05) is 13.7 Å². The van der Waals surface area contributed by atoms with Gasteiger partial charge in [-0.05, 0) is 11.1 Å². The Morgan fingerprint density at radius 2 is 1.42 bits per heavy atom. The van der Waals surface area contributed by atoms with Crippen LogP contribution in [0, 0.1) is 0 Å². The summed E-state index contributed by atoms with van der Waals surface area (Å²) < 4.78 is 5.09. The molecular weight excluding hydrogens is 308 g/mol. The molecule has 2 aromatic carbocycles. The molecule has 0 aliphatic carbocycles. The van der Waals surface area contributed by atoms with E-state index in [9.17, 15) is 14.4 Å². The molecular formula is C18H18N2O4. The molecule has 2 rings (SSSR count). The lowest BCUT2D eigenvalue weighted by atomic mass is 9.91. The molecule has 0 spiro atoms. The van der Waals surface area contributed by atoms with E-state index in [1.54, 1.807) is 0 Å². The Morgan fingerprint density at radius 1 is 0.917 bits per heavy atom.